The van der Waals surface area contributed by atoms with Crippen LogP contribution in [-0.4, -0.2) is 29.2 Å². The average molecular weight is 291 g/mol. The third-order valence-electron chi connectivity index (χ3n) is 3.48. The van der Waals surface area contributed by atoms with Gasteiger partial charge in [0.15, 0.2) is 17.4 Å². The normalized spacial score (nSPS) is 14.0. The first-order valence-electron chi connectivity index (χ1n) is 6.77. The van der Waals surface area contributed by atoms with Crippen molar-refractivity contribution in [1.82, 2.24) is 9.97 Å². The van der Waals surface area contributed by atoms with E-state index in [2.05, 4.69) is 9.97 Å². The Morgan fingerprint density at radius 1 is 1.24 bits per heavy atom. The Morgan fingerprint density at radius 3 is 2.76 bits per heavy atom. The summed E-state index contributed by atoms with van der Waals surface area (Å²) in [5.41, 5.74) is 1.09. The van der Waals surface area contributed by atoms with E-state index in [0.717, 1.165) is 6.20 Å². The number of halogens is 2. The predicted octanol–water partition coefficient (Wildman–Crippen LogP) is 3.03. The van der Waals surface area contributed by atoms with Gasteiger partial charge in [-0.25, -0.2) is 18.7 Å². The molecular formula is C15H15F2N3O. The summed E-state index contributed by atoms with van der Waals surface area (Å²) >= 11 is 0. The maximum absolute atomic E-state index is 14.3. The van der Waals surface area contributed by atoms with Crippen molar-refractivity contribution < 1.29 is 13.5 Å². The van der Waals surface area contributed by atoms with Crippen LogP contribution in [0.2, 0.25) is 0 Å². The Balaban J connectivity index is 2.16. The van der Waals surface area contributed by atoms with Crippen molar-refractivity contribution >= 4 is 5.69 Å². The Kier molecular flexibility index (Phi) is 3.45. The van der Waals surface area contributed by atoms with Gasteiger partial charge in [-0.15, -0.1) is 0 Å². The maximum atomic E-state index is 14.3. The molecule has 0 radical (unpaired) electrons. The van der Waals surface area contributed by atoms with Gasteiger partial charge in [0, 0.05) is 11.6 Å². The fraction of sp³-hybridized carbons (Fsp3) is 0.333. The lowest BCUT2D eigenvalue weighted by Crippen LogP contribution is -2.38. The molecule has 1 aromatic carbocycles. The van der Waals surface area contributed by atoms with Crippen LogP contribution in [-0.2, 0) is 0 Å². The van der Waals surface area contributed by atoms with Gasteiger partial charge < -0.3 is 9.64 Å². The van der Waals surface area contributed by atoms with Crippen molar-refractivity contribution in [2.24, 2.45) is 0 Å². The van der Waals surface area contributed by atoms with Crippen LogP contribution in [0.1, 0.15) is 13.8 Å². The summed E-state index contributed by atoms with van der Waals surface area (Å²) in [5, 5.41) is 0. The van der Waals surface area contributed by atoms with Crippen molar-refractivity contribution in [3.05, 3.63) is 36.3 Å². The van der Waals surface area contributed by atoms with Crippen LogP contribution in [0.5, 0.6) is 5.75 Å². The Hall–Kier alpha value is -2.24. The number of hydrogen-bond donors (Lipinski definition) is 0. The molecule has 110 valence electrons. The molecule has 0 spiro atoms. The second-order valence-corrected chi connectivity index (χ2v) is 5.16. The summed E-state index contributed by atoms with van der Waals surface area (Å²) in [7, 11) is 0. The lowest BCUT2D eigenvalue weighted by molar-refractivity contribution is 0.287. The van der Waals surface area contributed by atoms with Crippen LogP contribution < -0.4 is 9.64 Å². The number of hydrogen-bond acceptors (Lipinski definition) is 4. The van der Waals surface area contributed by atoms with Crippen LogP contribution >= 0.6 is 0 Å². The largest absolute Gasteiger partial charge is 0.486 e. The number of aromatic nitrogens is 2. The molecule has 0 atom stereocenters. The van der Waals surface area contributed by atoms with Crippen molar-refractivity contribution in [2.75, 3.05) is 18.1 Å². The van der Waals surface area contributed by atoms with E-state index in [0.29, 0.717) is 24.4 Å². The predicted molar refractivity (Wildman–Crippen MR) is 75.4 cm³/mol. The minimum absolute atomic E-state index is 0.0842. The third-order valence-corrected chi connectivity index (χ3v) is 3.48. The van der Waals surface area contributed by atoms with E-state index in [1.165, 1.54) is 12.4 Å². The first-order chi connectivity index (χ1) is 10.1. The SMILES string of the molecule is CC(C)N1CCOc2c(F)cc(-c3ncncc3F)cc21. The topological polar surface area (TPSA) is 38.2 Å². The van der Waals surface area contributed by atoms with Gasteiger partial charge in [0.05, 0.1) is 18.4 Å². The number of nitrogens with zero attached hydrogens (tertiary/aromatic N) is 3. The van der Waals surface area contributed by atoms with Gasteiger partial charge in [-0.3, -0.25) is 0 Å². The average Bonchev–Trinajstić information content (AvgIpc) is 2.47. The Labute approximate surface area is 121 Å². The molecule has 6 heteroatoms. The molecule has 21 heavy (non-hydrogen) atoms. The van der Waals surface area contributed by atoms with Crippen molar-refractivity contribution in [3.8, 4) is 17.0 Å². The molecule has 0 N–H and O–H groups in total. The molecule has 1 aromatic heterocycles. The zero-order chi connectivity index (χ0) is 15.0. The van der Waals surface area contributed by atoms with Gasteiger partial charge in [0.25, 0.3) is 0 Å². The van der Waals surface area contributed by atoms with Crippen LogP contribution in [0.3, 0.4) is 0 Å². The highest BCUT2D eigenvalue weighted by molar-refractivity contribution is 5.72. The molecule has 1 aliphatic heterocycles. The Morgan fingerprint density at radius 2 is 2.05 bits per heavy atom. The highest BCUT2D eigenvalue weighted by Crippen LogP contribution is 2.39. The number of benzene rings is 1. The summed E-state index contributed by atoms with van der Waals surface area (Å²) in [6.07, 6.45) is 2.31. The molecule has 0 bridgehead atoms. The Bertz CT molecular complexity index is 676. The van der Waals surface area contributed by atoms with Gasteiger partial charge in [0.1, 0.15) is 18.6 Å². The first kappa shape index (κ1) is 13.7. The van der Waals surface area contributed by atoms with E-state index in [-0.39, 0.29) is 17.5 Å². The molecular weight excluding hydrogens is 276 g/mol. The smallest absolute Gasteiger partial charge is 0.178 e. The fourth-order valence-corrected chi connectivity index (χ4v) is 2.50. The van der Waals surface area contributed by atoms with E-state index in [4.69, 9.17) is 4.74 Å². The number of anilines is 1. The third kappa shape index (κ3) is 2.41. The summed E-state index contributed by atoms with van der Waals surface area (Å²) in [6, 6.07) is 3.15. The van der Waals surface area contributed by atoms with Crippen LogP contribution in [0.15, 0.2) is 24.7 Å². The number of rotatable bonds is 2. The van der Waals surface area contributed by atoms with E-state index in [9.17, 15) is 8.78 Å². The fourth-order valence-electron chi connectivity index (χ4n) is 2.50. The van der Waals surface area contributed by atoms with E-state index < -0.39 is 11.6 Å². The van der Waals surface area contributed by atoms with Crippen LogP contribution in [0, 0.1) is 11.6 Å². The zero-order valence-electron chi connectivity index (χ0n) is 11.8. The lowest BCUT2D eigenvalue weighted by Gasteiger charge is -2.34. The van der Waals surface area contributed by atoms with Gasteiger partial charge in [-0.2, -0.15) is 0 Å². The molecule has 0 amide bonds. The van der Waals surface area contributed by atoms with Gasteiger partial charge in [0.2, 0.25) is 0 Å². The molecule has 1 aliphatic rings. The molecule has 0 saturated heterocycles. The van der Waals surface area contributed by atoms with E-state index >= 15 is 0 Å². The van der Waals surface area contributed by atoms with E-state index in [1.807, 2.05) is 18.7 Å². The molecule has 4 nitrogen and oxygen atoms in total. The molecule has 0 aliphatic carbocycles. The first-order valence-corrected chi connectivity index (χ1v) is 6.77. The van der Waals surface area contributed by atoms with Crippen LogP contribution in [0.25, 0.3) is 11.3 Å². The molecule has 0 saturated carbocycles. The van der Waals surface area contributed by atoms with Crippen molar-refractivity contribution in [1.29, 1.82) is 0 Å². The van der Waals surface area contributed by atoms with Gasteiger partial charge >= 0.3 is 0 Å². The number of ether oxygens (including phenoxy) is 1. The summed E-state index contributed by atoms with van der Waals surface area (Å²) < 4.78 is 33.5. The summed E-state index contributed by atoms with van der Waals surface area (Å²) in [6.45, 7) is 5.14. The minimum Gasteiger partial charge on any atom is -0.486 e. The van der Waals surface area contributed by atoms with Gasteiger partial charge in [-0.05, 0) is 26.0 Å². The zero-order valence-corrected chi connectivity index (χ0v) is 11.8. The lowest BCUT2D eigenvalue weighted by atomic mass is 10.1. The minimum atomic E-state index is -0.579. The second-order valence-electron chi connectivity index (χ2n) is 5.16. The maximum Gasteiger partial charge on any atom is 0.178 e. The monoisotopic (exact) mass is 291 g/mol. The summed E-state index contributed by atoms with van der Waals surface area (Å²) in [4.78, 5) is 9.54. The number of fused-ring (bicyclic) bond motifs is 1. The molecule has 2 aromatic rings. The van der Waals surface area contributed by atoms with Crippen molar-refractivity contribution in [3.63, 3.8) is 0 Å². The molecule has 3 rings (SSSR count). The summed E-state index contributed by atoms with van der Waals surface area (Å²) in [5.74, 6) is -0.872. The van der Waals surface area contributed by atoms with Crippen molar-refractivity contribution in [2.45, 2.75) is 19.9 Å². The highest BCUT2D eigenvalue weighted by Gasteiger charge is 2.25. The van der Waals surface area contributed by atoms with Crippen LogP contribution in [0.4, 0.5) is 14.5 Å². The van der Waals surface area contributed by atoms with Gasteiger partial charge in [-0.1, -0.05) is 0 Å². The molecule has 0 fully saturated rings. The molecule has 2 heterocycles. The standard InChI is InChI=1S/C15H15F2N3O/c1-9(2)20-3-4-21-15-11(16)5-10(6-13(15)20)14-12(17)7-18-8-19-14/h5-9H,3-4H2,1-2H3. The second kappa shape index (κ2) is 5.27. The highest BCUT2D eigenvalue weighted by atomic mass is 19.1. The quantitative estimate of drug-likeness (QED) is 0.852. The van der Waals surface area contributed by atoms with E-state index in [1.54, 1.807) is 6.07 Å². The molecule has 0 unspecified atom stereocenters.